The third-order valence-corrected chi connectivity index (χ3v) is 1.71. The summed E-state index contributed by atoms with van der Waals surface area (Å²) in [6.45, 7) is 9.02. The summed E-state index contributed by atoms with van der Waals surface area (Å²) >= 11 is 5.57. The van der Waals surface area contributed by atoms with Crippen molar-refractivity contribution in [3.05, 3.63) is 24.3 Å². The van der Waals surface area contributed by atoms with E-state index >= 15 is 0 Å². The lowest BCUT2D eigenvalue weighted by atomic mass is 10.2. The third-order valence-electron chi connectivity index (χ3n) is 1.58. The minimum absolute atomic E-state index is 0.682. The lowest BCUT2D eigenvalue weighted by Crippen LogP contribution is -2.16. The number of allylic oxidation sites excluding steroid dienone is 1. The molecule has 0 aliphatic rings. The molecule has 0 aliphatic carbocycles. The molecule has 1 nitrogen and oxygen atoms in total. The van der Waals surface area contributed by atoms with Crippen LogP contribution in [0.4, 0.5) is 0 Å². The van der Waals surface area contributed by atoms with Crippen LogP contribution in [0.15, 0.2) is 24.3 Å². The fraction of sp³-hybridized carbons (Fsp3) is 0.600. The molecule has 70 valence electrons. The van der Waals surface area contributed by atoms with Crippen molar-refractivity contribution < 1.29 is 0 Å². The van der Waals surface area contributed by atoms with Crippen molar-refractivity contribution in [2.24, 2.45) is 0 Å². The molecule has 0 aromatic heterocycles. The van der Waals surface area contributed by atoms with Crippen LogP contribution in [-0.4, -0.2) is 13.1 Å². The van der Waals surface area contributed by atoms with Gasteiger partial charge in [0.25, 0.3) is 0 Å². The Bertz CT molecular complexity index is 132. The summed E-state index contributed by atoms with van der Waals surface area (Å²) in [7, 11) is 0. The van der Waals surface area contributed by atoms with Gasteiger partial charge in [-0.3, -0.25) is 0 Å². The van der Waals surface area contributed by atoms with Crippen LogP contribution in [0.2, 0.25) is 0 Å². The monoisotopic (exact) mass is 187 g/mol. The number of rotatable bonds is 8. The average Bonchev–Trinajstić information content (AvgIpc) is 2.02. The molecule has 2 heteroatoms. The molecule has 0 saturated carbocycles. The zero-order valence-corrected chi connectivity index (χ0v) is 8.37. The molecule has 0 unspecified atom stereocenters. The van der Waals surface area contributed by atoms with Crippen molar-refractivity contribution in [1.29, 1.82) is 0 Å². The summed E-state index contributed by atoms with van der Waals surface area (Å²) < 4.78 is 0. The highest BCUT2D eigenvalue weighted by Crippen LogP contribution is 1.99. The first-order chi connectivity index (χ1) is 5.77. The number of halogens is 1. The Morgan fingerprint density at radius 3 is 2.67 bits per heavy atom. The van der Waals surface area contributed by atoms with Crippen molar-refractivity contribution in [3.63, 3.8) is 0 Å². The highest BCUT2D eigenvalue weighted by Gasteiger charge is 1.89. The second kappa shape index (κ2) is 8.82. The van der Waals surface area contributed by atoms with Crippen molar-refractivity contribution in [2.45, 2.75) is 25.7 Å². The number of hydrogen-bond donors (Lipinski definition) is 1. The SMILES string of the molecule is C=CCCCCCNCC(=C)Cl. The van der Waals surface area contributed by atoms with Gasteiger partial charge in [0, 0.05) is 11.6 Å². The number of unbranched alkanes of at least 4 members (excludes halogenated alkanes) is 3. The lowest BCUT2D eigenvalue weighted by Gasteiger charge is -2.01. The molecule has 0 saturated heterocycles. The summed E-state index contributed by atoms with van der Waals surface area (Å²) in [5.74, 6) is 0. The van der Waals surface area contributed by atoms with Crippen LogP contribution >= 0.6 is 11.6 Å². The first-order valence-electron chi connectivity index (χ1n) is 4.42. The van der Waals surface area contributed by atoms with E-state index in [9.17, 15) is 0 Å². The first-order valence-corrected chi connectivity index (χ1v) is 4.80. The topological polar surface area (TPSA) is 12.0 Å². The van der Waals surface area contributed by atoms with Crippen LogP contribution in [0.5, 0.6) is 0 Å². The first kappa shape index (κ1) is 11.7. The Hall–Kier alpha value is -0.270. The Labute approximate surface area is 80.5 Å². The van der Waals surface area contributed by atoms with E-state index in [1.54, 1.807) is 0 Å². The molecular weight excluding hydrogens is 170 g/mol. The smallest absolute Gasteiger partial charge is 0.0307 e. The maximum atomic E-state index is 5.57. The van der Waals surface area contributed by atoms with E-state index in [1.807, 2.05) is 6.08 Å². The van der Waals surface area contributed by atoms with Gasteiger partial charge in [-0.05, 0) is 25.8 Å². The van der Waals surface area contributed by atoms with E-state index in [1.165, 1.54) is 19.3 Å². The van der Waals surface area contributed by atoms with Gasteiger partial charge >= 0.3 is 0 Å². The van der Waals surface area contributed by atoms with Gasteiger partial charge in [-0.1, -0.05) is 30.7 Å². The summed E-state index contributed by atoms with van der Waals surface area (Å²) in [5, 5.41) is 3.89. The molecule has 0 spiro atoms. The standard InChI is InChI=1S/C10H18ClN/c1-3-4-5-6-7-8-12-9-10(2)11/h3,12H,1-2,4-9H2. The van der Waals surface area contributed by atoms with Crippen LogP contribution in [0, 0.1) is 0 Å². The van der Waals surface area contributed by atoms with E-state index in [4.69, 9.17) is 11.6 Å². The zero-order chi connectivity index (χ0) is 9.23. The molecule has 0 atom stereocenters. The second-order valence-corrected chi connectivity index (χ2v) is 3.37. The maximum Gasteiger partial charge on any atom is 0.0307 e. The minimum Gasteiger partial charge on any atom is -0.312 e. The molecule has 0 aromatic rings. The van der Waals surface area contributed by atoms with Crippen molar-refractivity contribution in [3.8, 4) is 0 Å². The average molecular weight is 188 g/mol. The molecule has 0 bridgehead atoms. The van der Waals surface area contributed by atoms with Gasteiger partial charge in [0.1, 0.15) is 0 Å². The zero-order valence-electron chi connectivity index (χ0n) is 7.61. The van der Waals surface area contributed by atoms with E-state index < -0.39 is 0 Å². The Morgan fingerprint density at radius 2 is 2.08 bits per heavy atom. The van der Waals surface area contributed by atoms with Crippen LogP contribution in [0.1, 0.15) is 25.7 Å². The quantitative estimate of drug-likeness (QED) is 0.455. The van der Waals surface area contributed by atoms with Crippen molar-refractivity contribution in [2.75, 3.05) is 13.1 Å². The van der Waals surface area contributed by atoms with Crippen LogP contribution in [0.25, 0.3) is 0 Å². The van der Waals surface area contributed by atoms with Gasteiger partial charge in [-0.25, -0.2) is 0 Å². The van der Waals surface area contributed by atoms with E-state index in [0.717, 1.165) is 19.5 Å². The van der Waals surface area contributed by atoms with E-state index in [-0.39, 0.29) is 0 Å². The molecule has 12 heavy (non-hydrogen) atoms. The summed E-state index contributed by atoms with van der Waals surface area (Å²) in [4.78, 5) is 0. The van der Waals surface area contributed by atoms with Gasteiger partial charge in [0.2, 0.25) is 0 Å². The fourth-order valence-electron chi connectivity index (χ4n) is 0.939. The van der Waals surface area contributed by atoms with Gasteiger partial charge in [-0.2, -0.15) is 0 Å². The Balaban J connectivity index is 2.90. The van der Waals surface area contributed by atoms with Crippen LogP contribution < -0.4 is 5.32 Å². The minimum atomic E-state index is 0.682. The highest BCUT2D eigenvalue weighted by molar-refractivity contribution is 6.29. The fourth-order valence-corrected chi connectivity index (χ4v) is 1.03. The van der Waals surface area contributed by atoms with Crippen LogP contribution in [-0.2, 0) is 0 Å². The normalized spacial score (nSPS) is 9.75. The van der Waals surface area contributed by atoms with Gasteiger partial charge in [-0.15, -0.1) is 6.58 Å². The maximum absolute atomic E-state index is 5.57. The largest absolute Gasteiger partial charge is 0.312 e. The molecule has 0 aromatic carbocycles. The summed E-state index contributed by atoms with van der Waals surface area (Å²) in [6, 6.07) is 0. The van der Waals surface area contributed by atoms with E-state index in [0.29, 0.717) is 5.03 Å². The summed E-state index contributed by atoms with van der Waals surface area (Å²) in [6.07, 6.45) is 6.80. The summed E-state index contributed by atoms with van der Waals surface area (Å²) in [5.41, 5.74) is 0. The molecule has 0 fully saturated rings. The molecule has 1 N–H and O–H groups in total. The highest BCUT2D eigenvalue weighted by atomic mass is 35.5. The number of nitrogens with one attached hydrogen (secondary N) is 1. The predicted molar refractivity (Wildman–Crippen MR) is 56.5 cm³/mol. The predicted octanol–water partition coefficient (Wildman–Crippen LogP) is 3.07. The molecule has 0 radical (unpaired) electrons. The van der Waals surface area contributed by atoms with Gasteiger partial charge in [0.15, 0.2) is 0 Å². The Kier molecular flexibility index (Phi) is 8.62. The lowest BCUT2D eigenvalue weighted by molar-refractivity contribution is 0.630. The van der Waals surface area contributed by atoms with Crippen molar-refractivity contribution in [1.82, 2.24) is 5.32 Å². The molecular formula is C10H18ClN. The second-order valence-electron chi connectivity index (χ2n) is 2.83. The van der Waals surface area contributed by atoms with Gasteiger partial charge < -0.3 is 5.32 Å². The third kappa shape index (κ3) is 9.73. The molecule has 0 heterocycles. The molecule has 0 rings (SSSR count). The number of hydrogen-bond acceptors (Lipinski definition) is 1. The molecule has 0 amide bonds. The van der Waals surface area contributed by atoms with E-state index in [2.05, 4.69) is 18.5 Å². The molecule has 0 aliphatic heterocycles. The Morgan fingerprint density at radius 1 is 1.33 bits per heavy atom. The van der Waals surface area contributed by atoms with Crippen molar-refractivity contribution >= 4 is 11.6 Å². The van der Waals surface area contributed by atoms with Gasteiger partial charge in [0.05, 0.1) is 0 Å². The van der Waals surface area contributed by atoms with Crippen LogP contribution in [0.3, 0.4) is 0 Å².